The number of furan rings is 1. The van der Waals surface area contributed by atoms with Gasteiger partial charge in [-0.1, -0.05) is 12.1 Å². The van der Waals surface area contributed by atoms with Gasteiger partial charge < -0.3 is 9.73 Å². The first-order valence-electron chi connectivity index (χ1n) is 6.23. The van der Waals surface area contributed by atoms with Crippen LogP contribution in [-0.4, -0.2) is 4.92 Å². The maximum atomic E-state index is 10.8. The molecule has 1 N–H and O–H groups in total. The summed E-state index contributed by atoms with van der Waals surface area (Å²) in [6.45, 7) is 3.95. The van der Waals surface area contributed by atoms with Crippen LogP contribution in [0.4, 0.5) is 5.69 Å². The van der Waals surface area contributed by atoms with Crippen molar-refractivity contribution in [2.45, 2.75) is 25.9 Å². The van der Waals surface area contributed by atoms with Crippen LogP contribution in [0.15, 0.2) is 45.5 Å². The number of hydrogen-bond donors (Lipinski definition) is 1. The Bertz CT molecular complexity index is 612. The minimum Gasteiger partial charge on any atom is -0.453 e. The summed E-state index contributed by atoms with van der Waals surface area (Å²) in [6.07, 6.45) is 0. The molecule has 5 nitrogen and oxygen atoms in total. The van der Waals surface area contributed by atoms with Crippen molar-refractivity contribution in [1.29, 1.82) is 0 Å². The van der Waals surface area contributed by atoms with E-state index in [-0.39, 0.29) is 22.7 Å². The normalized spacial score (nSPS) is 13.9. The minimum absolute atomic E-state index is 0.00978. The predicted octanol–water partition coefficient (Wildman–Crippen LogP) is 4.36. The van der Waals surface area contributed by atoms with Crippen LogP contribution < -0.4 is 5.32 Å². The Labute approximate surface area is 125 Å². The molecule has 106 valence electrons. The van der Waals surface area contributed by atoms with Crippen LogP contribution in [0.25, 0.3) is 0 Å². The molecule has 0 aliphatic heterocycles. The topological polar surface area (TPSA) is 68.3 Å². The molecule has 0 fully saturated rings. The standard InChI is InChI=1S/C14H15BrN2O3/c1-9(11-4-3-5-12(8-11)17(18)19)16-10(2)13-6-7-14(15)20-13/h3-10,16H,1-2H3. The number of nitrogens with one attached hydrogen (secondary N) is 1. The summed E-state index contributed by atoms with van der Waals surface area (Å²) in [4.78, 5) is 10.4. The lowest BCUT2D eigenvalue weighted by Crippen LogP contribution is -2.22. The van der Waals surface area contributed by atoms with E-state index in [1.165, 1.54) is 6.07 Å². The van der Waals surface area contributed by atoms with E-state index in [9.17, 15) is 10.1 Å². The van der Waals surface area contributed by atoms with Crippen LogP contribution in [0.1, 0.15) is 37.3 Å². The van der Waals surface area contributed by atoms with E-state index in [0.717, 1.165) is 11.3 Å². The van der Waals surface area contributed by atoms with Gasteiger partial charge in [0.15, 0.2) is 4.67 Å². The SMILES string of the molecule is CC(NC(C)c1ccc(Br)o1)c1cccc([N+](=O)[O-])c1. The van der Waals surface area contributed by atoms with Crippen LogP contribution in [0.3, 0.4) is 0 Å². The minimum atomic E-state index is -0.386. The Morgan fingerprint density at radius 2 is 2.00 bits per heavy atom. The van der Waals surface area contributed by atoms with E-state index < -0.39 is 0 Å². The van der Waals surface area contributed by atoms with Crippen molar-refractivity contribution in [1.82, 2.24) is 5.32 Å². The number of hydrogen-bond acceptors (Lipinski definition) is 4. The van der Waals surface area contributed by atoms with E-state index in [1.807, 2.05) is 32.0 Å². The van der Waals surface area contributed by atoms with E-state index in [4.69, 9.17) is 4.42 Å². The summed E-state index contributed by atoms with van der Waals surface area (Å²) >= 11 is 3.27. The fourth-order valence-electron chi connectivity index (χ4n) is 2.02. The Morgan fingerprint density at radius 3 is 2.60 bits per heavy atom. The van der Waals surface area contributed by atoms with Crippen LogP contribution in [0.5, 0.6) is 0 Å². The van der Waals surface area contributed by atoms with Gasteiger partial charge in [-0.25, -0.2) is 0 Å². The molecule has 0 spiro atoms. The quantitative estimate of drug-likeness (QED) is 0.649. The van der Waals surface area contributed by atoms with Gasteiger partial charge in [0.2, 0.25) is 0 Å². The second-order valence-corrected chi connectivity index (χ2v) is 5.39. The van der Waals surface area contributed by atoms with Gasteiger partial charge in [-0.15, -0.1) is 0 Å². The largest absolute Gasteiger partial charge is 0.453 e. The third-order valence-electron chi connectivity index (χ3n) is 3.10. The molecular weight excluding hydrogens is 324 g/mol. The highest BCUT2D eigenvalue weighted by atomic mass is 79.9. The van der Waals surface area contributed by atoms with Crippen LogP contribution in [0.2, 0.25) is 0 Å². The number of nitrogens with zero attached hydrogens (tertiary/aromatic N) is 1. The Morgan fingerprint density at radius 1 is 1.25 bits per heavy atom. The smallest absolute Gasteiger partial charge is 0.269 e. The number of non-ortho nitro benzene ring substituents is 1. The van der Waals surface area contributed by atoms with Gasteiger partial charge in [-0.3, -0.25) is 10.1 Å². The second kappa shape index (κ2) is 6.19. The molecule has 2 rings (SSSR count). The number of rotatable bonds is 5. The molecule has 1 aromatic heterocycles. The van der Waals surface area contributed by atoms with E-state index >= 15 is 0 Å². The lowest BCUT2D eigenvalue weighted by atomic mass is 10.1. The van der Waals surface area contributed by atoms with Crippen molar-refractivity contribution < 1.29 is 9.34 Å². The Balaban J connectivity index is 2.09. The van der Waals surface area contributed by atoms with E-state index in [2.05, 4.69) is 21.2 Å². The van der Waals surface area contributed by atoms with Crippen molar-refractivity contribution in [2.24, 2.45) is 0 Å². The molecule has 0 saturated carbocycles. The van der Waals surface area contributed by atoms with Crippen LogP contribution in [0, 0.1) is 10.1 Å². The molecule has 2 aromatic rings. The zero-order valence-corrected chi connectivity index (χ0v) is 12.8. The molecular formula is C14H15BrN2O3. The summed E-state index contributed by atoms with van der Waals surface area (Å²) in [5.74, 6) is 0.814. The van der Waals surface area contributed by atoms with Crippen LogP contribution >= 0.6 is 15.9 Å². The average Bonchev–Trinajstić information content (AvgIpc) is 2.85. The third-order valence-corrected chi connectivity index (χ3v) is 3.53. The van der Waals surface area contributed by atoms with Gasteiger partial charge in [0.1, 0.15) is 5.76 Å². The molecule has 0 aliphatic carbocycles. The first-order chi connectivity index (χ1) is 9.47. The Kier molecular flexibility index (Phi) is 4.57. The van der Waals surface area contributed by atoms with Gasteiger partial charge in [-0.2, -0.15) is 0 Å². The molecule has 6 heteroatoms. The summed E-state index contributed by atoms with van der Waals surface area (Å²) in [6, 6.07) is 10.4. The monoisotopic (exact) mass is 338 g/mol. The first kappa shape index (κ1) is 14.7. The second-order valence-electron chi connectivity index (χ2n) is 4.60. The van der Waals surface area contributed by atoms with Crippen molar-refractivity contribution in [3.8, 4) is 0 Å². The molecule has 0 radical (unpaired) electrons. The van der Waals surface area contributed by atoms with Crippen molar-refractivity contribution in [2.75, 3.05) is 0 Å². The van der Waals surface area contributed by atoms with Crippen molar-refractivity contribution >= 4 is 21.6 Å². The molecule has 1 heterocycles. The highest BCUT2D eigenvalue weighted by Gasteiger charge is 2.16. The first-order valence-corrected chi connectivity index (χ1v) is 7.02. The molecule has 2 atom stereocenters. The predicted molar refractivity (Wildman–Crippen MR) is 79.5 cm³/mol. The molecule has 1 aromatic carbocycles. The molecule has 0 saturated heterocycles. The summed E-state index contributed by atoms with van der Waals surface area (Å²) in [7, 11) is 0. The molecule has 0 aliphatic rings. The van der Waals surface area contributed by atoms with Crippen molar-refractivity contribution in [3.63, 3.8) is 0 Å². The lowest BCUT2D eigenvalue weighted by molar-refractivity contribution is -0.384. The van der Waals surface area contributed by atoms with Crippen LogP contribution in [-0.2, 0) is 0 Å². The highest BCUT2D eigenvalue weighted by molar-refractivity contribution is 9.10. The van der Waals surface area contributed by atoms with Gasteiger partial charge in [-0.05, 0) is 47.5 Å². The molecule has 2 unspecified atom stereocenters. The number of halogens is 1. The maximum absolute atomic E-state index is 10.8. The van der Waals surface area contributed by atoms with Gasteiger partial charge in [0.05, 0.1) is 11.0 Å². The fraction of sp³-hybridized carbons (Fsp3) is 0.286. The lowest BCUT2D eigenvalue weighted by Gasteiger charge is -2.18. The van der Waals surface area contributed by atoms with E-state index in [0.29, 0.717) is 4.67 Å². The summed E-state index contributed by atoms with van der Waals surface area (Å²) in [5.41, 5.74) is 0.973. The number of nitro benzene ring substituents is 1. The maximum Gasteiger partial charge on any atom is 0.269 e. The fourth-order valence-corrected chi connectivity index (χ4v) is 2.34. The highest BCUT2D eigenvalue weighted by Crippen LogP contribution is 2.24. The zero-order valence-electron chi connectivity index (χ0n) is 11.2. The number of benzene rings is 1. The van der Waals surface area contributed by atoms with Crippen molar-refractivity contribution in [3.05, 3.63) is 62.5 Å². The van der Waals surface area contributed by atoms with Gasteiger partial charge in [0.25, 0.3) is 5.69 Å². The average molecular weight is 339 g/mol. The van der Waals surface area contributed by atoms with Gasteiger partial charge in [0, 0.05) is 18.2 Å². The Hall–Kier alpha value is -1.66. The molecule has 0 bridgehead atoms. The molecule has 20 heavy (non-hydrogen) atoms. The molecule has 0 amide bonds. The number of nitro groups is 1. The van der Waals surface area contributed by atoms with Gasteiger partial charge >= 0.3 is 0 Å². The summed E-state index contributed by atoms with van der Waals surface area (Å²) < 4.78 is 6.17. The summed E-state index contributed by atoms with van der Waals surface area (Å²) in [5, 5.41) is 14.1. The third kappa shape index (κ3) is 3.46. The van der Waals surface area contributed by atoms with E-state index in [1.54, 1.807) is 12.1 Å². The zero-order chi connectivity index (χ0) is 14.7.